The first-order chi connectivity index (χ1) is 14.3. The molecular weight excluding hydrogens is 410 g/mol. The molecule has 0 spiro atoms. The molecule has 0 atom stereocenters. The molecule has 1 aromatic heterocycles. The first kappa shape index (κ1) is 20.4. The summed E-state index contributed by atoms with van der Waals surface area (Å²) in [7, 11) is 0. The van der Waals surface area contributed by atoms with Gasteiger partial charge in [0.1, 0.15) is 17.4 Å². The van der Waals surface area contributed by atoms with Crippen LogP contribution in [0.15, 0.2) is 47.6 Å². The zero-order valence-electron chi connectivity index (χ0n) is 16.7. The smallest absolute Gasteiger partial charge is 0.231 e. The highest BCUT2D eigenvalue weighted by Gasteiger charge is 2.20. The van der Waals surface area contributed by atoms with Gasteiger partial charge in [-0.15, -0.1) is 0 Å². The molecule has 4 rings (SSSR count). The SMILES string of the molecule is CC(C)(C)c1cc(Oc2ccc3c(c2)OCO3)nc(SCc2c(F)cccc2F)n1. The summed E-state index contributed by atoms with van der Waals surface area (Å²) in [5, 5.41) is 0.376. The average Bonchev–Trinajstić information content (AvgIpc) is 3.14. The summed E-state index contributed by atoms with van der Waals surface area (Å²) in [5.41, 5.74) is 0.476. The summed E-state index contributed by atoms with van der Waals surface area (Å²) >= 11 is 1.15. The maximum atomic E-state index is 14.0. The predicted molar refractivity (Wildman–Crippen MR) is 109 cm³/mol. The average molecular weight is 430 g/mol. The van der Waals surface area contributed by atoms with E-state index in [0.717, 1.165) is 17.5 Å². The number of thioether (sulfide) groups is 1. The number of halogens is 2. The van der Waals surface area contributed by atoms with Crippen molar-refractivity contribution in [1.82, 2.24) is 9.97 Å². The van der Waals surface area contributed by atoms with Crippen LogP contribution in [-0.4, -0.2) is 16.8 Å². The van der Waals surface area contributed by atoms with Crippen molar-refractivity contribution >= 4 is 11.8 Å². The van der Waals surface area contributed by atoms with Gasteiger partial charge < -0.3 is 14.2 Å². The molecule has 0 aliphatic carbocycles. The minimum Gasteiger partial charge on any atom is -0.454 e. The first-order valence-electron chi connectivity index (χ1n) is 9.32. The van der Waals surface area contributed by atoms with Crippen molar-refractivity contribution in [2.75, 3.05) is 6.79 Å². The van der Waals surface area contributed by atoms with Gasteiger partial charge in [-0.2, -0.15) is 4.98 Å². The summed E-state index contributed by atoms with van der Waals surface area (Å²) < 4.78 is 44.5. The van der Waals surface area contributed by atoms with Gasteiger partial charge in [0.2, 0.25) is 12.7 Å². The molecule has 0 radical (unpaired) electrons. The topological polar surface area (TPSA) is 53.5 Å². The van der Waals surface area contributed by atoms with E-state index in [2.05, 4.69) is 9.97 Å². The third-order valence-electron chi connectivity index (χ3n) is 4.42. The molecule has 3 aromatic rings. The molecule has 0 unspecified atom stereocenters. The van der Waals surface area contributed by atoms with Crippen LogP contribution in [0, 0.1) is 11.6 Å². The van der Waals surface area contributed by atoms with Crippen LogP contribution in [0.3, 0.4) is 0 Å². The third kappa shape index (κ3) is 4.48. The molecule has 2 heterocycles. The molecule has 0 N–H and O–H groups in total. The van der Waals surface area contributed by atoms with Gasteiger partial charge in [-0.05, 0) is 24.3 Å². The Morgan fingerprint density at radius 1 is 1.00 bits per heavy atom. The van der Waals surface area contributed by atoms with Gasteiger partial charge in [0.05, 0.1) is 5.69 Å². The summed E-state index contributed by atoms with van der Waals surface area (Å²) in [5.74, 6) is 1.01. The summed E-state index contributed by atoms with van der Waals surface area (Å²) in [6.07, 6.45) is 0. The highest BCUT2D eigenvalue weighted by Crippen LogP contribution is 2.37. The van der Waals surface area contributed by atoms with E-state index >= 15 is 0 Å². The van der Waals surface area contributed by atoms with Crippen LogP contribution >= 0.6 is 11.8 Å². The summed E-state index contributed by atoms with van der Waals surface area (Å²) in [6.45, 7) is 6.23. The zero-order chi connectivity index (χ0) is 21.3. The molecule has 1 aliphatic rings. The lowest BCUT2D eigenvalue weighted by Crippen LogP contribution is -2.14. The Labute approximate surface area is 177 Å². The number of nitrogens with zero attached hydrogens (tertiary/aromatic N) is 2. The minimum atomic E-state index is -0.591. The second-order valence-electron chi connectivity index (χ2n) is 7.73. The molecule has 156 valence electrons. The Hall–Kier alpha value is -2.87. The quantitative estimate of drug-likeness (QED) is 0.373. The Kier molecular flexibility index (Phi) is 5.51. The van der Waals surface area contributed by atoms with Gasteiger partial charge in [-0.25, -0.2) is 13.8 Å². The molecule has 5 nitrogen and oxygen atoms in total. The predicted octanol–water partition coefficient (Wildman–Crippen LogP) is 5.87. The molecule has 30 heavy (non-hydrogen) atoms. The number of rotatable bonds is 5. The third-order valence-corrected chi connectivity index (χ3v) is 5.30. The Bertz CT molecular complexity index is 1070. The lowest BCUT2D eigenvalue weighted by Gasteiger charge is -2.19. The number of benzene rings is 2. The minimum absolute atomic E-state index is 0.00880. The van der Waals surface area contributed by atoms with Crippen molar-refractivity contribution in [1.29, 1.82) is 0 Å². The van der Waals surface area contributed by atoms with Crippen LogP contribution in [-0.2, 0) is 11.2 Å². The second-order valence-corrected chi connectivity index (χ2v) is 8.67. The lowest BCUT2D eigenvalue weighted by molar-refractivity contribution is 0.174. The normalized spacial score (nSPS) is 12.8. The van der Waals surface area contributed by atoms with Gasteiger partial charge in [-0.3, -0.25) is 0 Å². The van der Waals surface area contributed by atoms with Crippen LogP contribution in [0.5, 0.6) is 23.1 Å². The Morgan fingerprint density at radius 2 is 1.73 bits per heavy atom. The molecule has 0 fully saturated rings. The van der Waals surface area contributed by atoms with E-state index in [4.69, 9.17) is 14.2 Å². The molecule has 8 heteroatoms. The van der Waals surface area contributed by atoms with E-state index in [-0.39, 0.29) is 23.5 Å². The molecule has 0 saturated carbocycles. The lowest BCUT2D eigenvalue weighted by atomic mass is 9.92. The molecule has 0 bridgehead atoms. The van der Waals surface area contributed by atoms with E-state index in [0.29, 0.717) is 28.3 Å². The zero-order valence-corrected chi connectivity index (χ0v) is 17.6. The Balaban J connectivity index is 1.61. The number of hydrogen-bond donors (Lipinski definition) is 0. The van der Waals surface area contributed by atoms with Crippen LogP contribution in [0.4, 0.5) is 8.78 Å². The highest BCUT2D eigenvalue weighted by molar-refractivity contribution is 7.98. The largest absolute Gasteiger partial charge is 0.454 e. The van der Waals surface area contributed by atoms with Gasteiger partial charge in [-0.1, -0.05) is 38.6 Å². The van der Waals surface area contributed by atoms with Gasteiger partial charge >= 0.3 is 0 Å². The molecule has 1 aliphatic heterocycles. The Morgan fingerprint density at radius 3 is 2.47 bits per heavy atom. The molecular formula is C22H20F2N2O3S. The van der Waals surface area contributed by atoms with Crippen molar-refractivity contribution in [2.24, 2.45) is 0 Å². The number of ether oxygens (including phenoxy) is 3. The first-order valence-corrected chi connectivity index (χ1v) is 10.3. The molecule has 0 saturated heterocycles. The van der Waals surface area contributed by atoms with Gasteiger partial charge in [0.15, 0.2) is 16.7 Å². The standard InChI is InChI=1S/C22H20F2N2O3S/c1-22(2,3)19-10-20(29-13-7-8-17-18(9-13)28-12-27-17)26-21(25-19)30-11-14-15(23)5-4-6-16(14)24/h4-10H,11-12H2,1-3H3. The van der Waals surface area contributed by atoms with Crippen molar-refractivity contribution in [2.45, 2.75) is 37.1 Å². The van der Waals surface area contributed by atoms with E-state index in [9.17, 15) is 8.78 Å². The maximum Gasteiger partial charge on any atom is 0.231 e. The summed E-state index contributed by atoms with van der Waals surface area (Å²) in [4.78, 5) is 8.98. The highest BCUT2D eigenvalue weighted by atomic mass is 32.2. The van der Waals surface area contributed by atoms with Crippen molar-refractivity contribution in [3.05, 3.63) is 65.4 Å². The van der Waals surface area contributed by atoms with Crippen LogP contribution in [0.25, 0.3) is 0 Å². The van der Waals surface area contributed by atoms with Gasteiger partial charge in [0.25, 0.3) is 0 Å². The van der Waals surface area contributed by atoms with Crippen LogP contribution in [0.1, 0.15) is 32.0 Å². The van der Waals surface area contributed by atoms with Crippen molar-refractivity contribution in [3.63, 3.8) is 0 Å². The maximum absolute atomic E-state index is 14.0. The van der Waals surface area contributed by atoms with E-state index < -0.39 is 11.6 Å². The van der Waals surface area contributed by atoms with Crippen LogP contribution in [0.2, 0.25) is 0 Å². The fourth-order valence-corrected chi connectivity index (χ4v) is 3.64. The van der Waals surface area contributed by atoms with E-state index in [1.54, 1.807) is 24.3 Å². The van der Waals surface area contributed by atoms with Crippen molar-refractivity contribution in [3.8, 4) is 23.1 Å². The van der Waals surface area contributed by atoms with Crippen LogP contribution < -0.4 is 14.2 Å². The monoisotopic (exact) mass is 430 g/mol. The number of fused-ring (bicyclic) bond motifs is 1. The number of hydrogen-bond acceptors (Lipinski definition) is 6. The van der Waals surface area contributed by atoms with Crippen molar-refractivity contribution < 1.29 is 23.0 Å². The van der Waals surface area contributed by atoms with E-state index in [1.807, 2.05) is 20.8 Å². The second kappa shape index (κ2) is 8.10. The summed E-state index contributed by atoms with van der Waals surface area (Å²) in [6, 6.07) is 10.8. The van der Waals surface area contributed by atoms with E-state index in [1.165, 1.54) is 18.2 Å². The molecule has 0 amide bonds. The fourth-order valence-electron chi connectivity index (χ4n) is 2.77. The fraction of sp³-hybridized carbons (Fsp3) is 0.273. The molecule has 2 aromatic carbocycles. The van der Waals surface area contributed by atoms with Gasteiger partial charge in [0, 0.05) is 28.9 Å². The number of aromatic nitrogens is 2.